The lowest BCUT2D eigenvalue weighted by Gasteiger charge is -2.12. The second-order valence-electron chi connectivity index (χ2n) is 6.49. The topological polar surface area (TPSA) is 72.2 Å². The van der Waals surface area contributed by atoms with Gasteiger partial charge in [-0.1, -0.05) is 42.1 Å². The van der Waals surface area contributed by atoms with Gasteiger partial charge < -0.3 is 5.32 Å². The van der Waals surface area contributed by atoms with E-state index < -0.39 is 5.25 Å². The normalized spacial score (nSPS) is 12.1. The Balaban J connectivity index is 1.55. The molecule has 6 nitrogen and oxygen atoms in total. The van der Waals surface area contributed by atoms with Gasteiger partial charge in [-0.05, 0) is 38.1 Å². The van der Waals surface area contributed by atoms with Crippen molar-refractivity contribution in [1.29, 1.82) is 0 Å². The molecule has 1 N–H and O–H groups in total. The number of nitrogens with one attached hydrogen (secondary N) is 1. The zero-order valence-electron chi connectivity index (χ0n) is 15.8. The molecule has 0 unspecified atom stereocenters. The Kier molecular flexibility index (Phi) is 5.26. The van der Waals surface area contributed by atoms with Gasteiger partial charge in [-0.15, -0.1) is 10.2 Å². The maximum Gasteiger partial charge on any atom is 0.237 e. The summed E-state index contributed by atoms with van der Waals surface area (Å²) in [5, 5.41) is 11.4. The highest BCUT2D eigenvalue weighted by molar-refractivity contribution is 8.00. The van der Waals surface area contributed by atoms with Crippen LogP contribution in [-0.4, -0.2) is 30.7 Å². The number of carbonyl (C=O) groups excluding carboxylic acids is 1. The highest BCUT2D eigenvalue weighted by atomic mass is 32.2. The number of carbonyl (C=O) groups is 1. The van der Waals surface area contributed by atoms with Crippen molar-refractivity contribution in [2.24, 2.45) is 0 Å². The molecule has 2 aromatic heterocycles. The van der Waals surface area contributed by atoms with E-state index in [4.69, 9.17) is 0 Å². The zero-order valence-corrected chi connectivity index (χ0v) is 16.7. The molecule has 0 aliphatic carbocycles. The van der Waals surface area contributed by atoms with Crippen molar-refractivity contribution in [3.63, 3.8) is 0 Å². The van der Waals surface area contributed by atoms with Crippen molar-refractivity contribution in [3.05, 3.63) is 72.3 Å². The third-order valence-corrected chi connectivity index (χ3v) is 5.41. The van der Waals surface area contributed by atoms with E-state index in [1.165, 1.54) is 36.0 Å². The summed E-state index contributed by atoms with van der Waals surface area (Å²) >= 11 is 1.29. The first-order chi connectivity index (χ1) is 14.0. The monoisotopic (exact) mass is 407 g/mol. The van der Waals surface area contributed by atoms with Gasteiger partial charge in [-0.25, -0.2) is 9.37 Å². The Morgan fingerprint density at radius 1 is 1.10 bits per heavy atom. The van der Waals surface area contributed by atoms with Gasteiger partial charge in [-0.3, -0.25) is 9.20 Å². The molecule has 0 fully saturated rings. The first kappa shape index (κ1) is 19.1. The molecule has 29 heavy (non-hydrogen) atoms. The van der Waals surface area contributed by atoms with Gasteiger partial charge in [0, 0.05) is 17.3 Å². The summed E-state index contributed by atoms with van der Waals surface area (Å²) in [6.45, 7) is 3.67. The largest absolute Gasteiger partial charge is 0.325 e. The van der Waals surface area contributed by atoms with Crippen LogP contribution in [0.5, 0.6) is 0 Å². The Morgan fingerprint density at radius 2 is 1.83 bits per heavy atom. The Hall–Kier alpha value is -3.26. The van der Waals surface area contributed by atoms with Crippen molar-refractivity contribution in [1.82, 2.24) is 19.6 Å². The predicted molar refractivity (Wildman–Crippen MR) is 111 cm³/mol. The van der Waals surface area contributed by atoms with E-state index in [0.29, 0.717) is 16.5 Å². The Labute approximate surface area is 171 Å². The van der Waals surface area contributed by atoms with Crippen LogP contribution in [0.1, 0.15) is 12.7 Å². The molecule has 4 rings (SSSR count). The smallest absolute Gasteiger partial charge is 0.237 e. The minimum absolute atomic E-state index is 0.204. The van der Waals surface area contributed by atoms with Gasteiger partial charge in [0.1, 0.15) is 11.6 Å². The molecule has 2 heterocycles. The summed E-state index contributed by atoms with van der Waals surface area (Å²) in [6.07, 6.45) is 0. The fourth-order valence-electron chi connectivity index (χ4n) is 2.88. The minimum atomic E-state index is -0.430. The maximum absolute atomic E-state index is 13.0. The Bertz CT molecular complexity index is 1160. The molecule has 1 atom stereocenters. The molecule has 8 heteroatoms. The van der Waals surface area contributed by atoms with Crippen LogP contribution in [0.3, 0.4) is 0 Å². The molecule has 4 aromatic rings. The second-order valence-corrected chi connectivity index (χ2v) is 7.79. The molecule has 146 valence electrons. The molecule has 2 aromatic carbocycles. The SMILES string of the molecule is Cc1nc(-c2ccccc2)cc2nnc(S[C@@H](C)C(=O)Nc3ccc(F)cc3)n12. The van der Waals surface area contributed by atoms with Crippen molar-refractivity contribution >= 4 is 29.0 Å². The number of thioether (sulfide) groups is 1. The molecule has 0 saturated heterocycles. The van der Waals surface area contributed by atoms with Crippen LogP contribution < -0.4 is 5.32 Å². The number of aromatic nitrogens is 4. The number of amides is 1. The summed E-state index contributed by atoms with van der Waals surface area (Å²) in [5.74, 6) is 0.183. The van der Waals surface area contributed by atoms with E-state index >= 15 is 0 Å². The average molecular weight is 407 g/mol. The first-order valence-electron chi connectivity index (χ1n) is 9.02. The van der Waals surface area contributed by atoms with Crippen LogP contribution in [-0.2, 0) is 4.79 Å². The molecule has 0 bridgehead atoms. The number of nitrogens with zero attached hydrogens (tertiary/aromatic N) is 4. The molecule has 0 aliphatic rings. The van der Waals surface area contributed by atoms with Crippen LogP contribution in [0.25, 0.3) is 16.9 Å². The van der Waals surface area contributed by atoms with E-state index in [-0.39, 0.29) is 11.7 Å². The molecule has 0 spiro atoms. The molecule has 0 aliphatic heterocycles. The number of hydrogen-bond donors (Lipinski definition) is 1. The van der Waals surface area contributed by atoms with Gasteiger partial charge in [-0.2, -0.15) is 0 Å². The third kappa shape index (κ3) is 4.12. The first-order valence-corrected chi connectivity index (χ1v) is 9.90. The van der Waals surface area contributed by atoms with Gasteiger partial charge in [0.2, 0.25) is 5.91 Å². The van der Waals surface area contributed by atoms with E-state index in [1.807, 2.05) is 47.7 Å². The number of halogens is 1. The fraction of sp³-hybridized carbons (Fsp3) is 0.143. The lowest BCUT2D eigenvalue weighted by atomic mass is 10.1. The molecule has 1 amide bonds. The quantitative estimate of drug-likeness (QED) is 0.498. The number of aryl methyl sites for hydroxylation is 1. The van der Waals surface area contributed by atoms with E-state index in [9.17, 15) is 9.18 Å². The maximum atomic E-state index is 13.0. The van der Waals surface area contributed by atoms with Gasteiger partial charge in [0.15, 0.2) is 10.8 Å². The Morgan fingerprint density at radius 3 is 2.55 bits per heavy atom. The molecule has 0 radical (unpaired) electrons. The number of fused-ring (bicyclic) bond motifs is 1. The highest BCUT2D eigenvalue weighted by Gasteiger charge is 2.19. The van der Waals surface area contributed by atoms with Crippen LogP contribution in [0.4, 0.5) is 10.1 Å². The lowest BCUT2D eigenvalue weighted by molar-refractivity contribution is -0.115. The summed E-state index contributed by atoms with van der Waals surface area (Å²) in [7, 11) is 0. The highest BCUT2D eigenvalue weighted by Crippen LogP contribution is 2.26. The van der Waals surface area contributed by atoms with Crippen molar-refractivity contribution in [2.45, 2.75) is 24.3 Å². The summed E-state index contributed by atoms with van der Waals surface area (Å²) in [6, 6.07) is 17.4. The van der Waals surface area contributed by atoms with E-state index in [2.05, 4.69) is 20.5 Å². The second kappa shape index (κ2) is 8.00. The number of anilines is 1. The molecule has 0 saturated carbocycles. The van der Waals surface area contributed by atoms with Gasteiger partial charge in [0.05, 0.1) is 10.9 Å². The number of hydrogen-bond acceptors (Lipinski definition) is 5. The van der Waals surface area contributed by atoms with Crippen molar-refractivity contribution in [2.75, 3.05) is 5.32 Å². The fourth-order valence-corrected chi connectivity index (χ4v) is 3.78. The van der Waals surface area contributed by atoms with Gasteiger partial charge >= 0.3 is 0 Å². The summed E-state index contributed by atoms with van der Waals surface area (Å²) in [4.78, 5) is 17.2. The zero-order chi connectivity index (χ0) is 20.4. The predicted octanol–water partition coefficient (Wildman–Crippen LogP) is 4.36. The molecular formula is C21H18FN5OS. The average Bonchev–Trinajstić information content (AvgIpc) is 3.13. The van der Waals surface area contributed by atoms with E-state index in [0.717, 1.165) is 17.1 Å². The third-order valence-electron chi connectivity index (χ3n) is 4.36. The van der Waals surface area contributed by atoms with E-state index in [1.54, 1.807) is 6.92 Å². The van der Waals surface area contributed by atoms with Crippen LogP contribution in [0.15, 0.2) is 65.8 Å². The summed E-state index contributed by atoms with van der Waals surface area (Å²) < 4.78 is 14.8. The lowest BCUT2D eigenvalue weighted by Crippen LogP contribution is -2.22. The van der Waals surface area contributed by atoms with Crippen LogP contribution in [0.2, 0.25) is 0 Å². The van der Waals surface area contributed by atoms with Crippen LogP contribution in [0, 0.1) is 12.7 Å². The van der Waals surface area contributed by atoms with Crippen LogP contribution >= 0.6 is 11.8 Å². The minimum Gasteiger partial charge on any atom is -0.325 e. The van der Waals surface area contributed by atoms with Gasteiger partial charge in [0.25, 0.3) is 0 Å². The number of rotatable bonds is 5. The molecular weight excluding hydrogens is 389 g/mol. The summed E-state index contributed by atoms with van der Waals surface area (Å²) in [5.41, 5.74) is 3.04. The number of benzene rings is 2. The van der Waals surface area contributed by atoms with Crippen molar-refractivity contribution < 1.29 is 9.18 Å². The van der Waals surface area contributed by atoms with Crippen molar-refractivity contribution in [3.8, 4) is 11.3 Å². The standard InChI is InChI=1S/C21H18FN5OS/c1-13(20(28)24-17-10-8-16(22)9-11-17)29-21-26-25-19-12-18(23-14(2)27(19)21)15-6-4-3-5-7-15/h3-13H,1-2H3,(H,24,28)/t13-/m0/s1.